The van der Waals surface area contributed by atoms with Crippen LogP contribution in [0.3, 0.4) is 0 Å². The van der Waals surface area contributed by atoms with Gasteiger partial charge in [-0.25, -0.2) is 4.79 Å². The molecule has 0 bridgehead atoms. The molecule has 0 N–H and O–H groups in total. The maximum atomic E-state index is 13.0. The standard InChI is InChI=1S/C27H22ClNO6S/c1-17-5-3-7-21(15-17)34-14-13-29-25(30)23(36-27(29)32)16-19-6-4-8-22(33-2)24(19)35-26(31)18-9-11-20(28)12-10-18/h3-12,15-16H,13-14H2,1-2H3/b23-16-. The minimum atomic E-state index is -0.618. The molecule has 36 heavy (non-hydrogen) atoms. The Labute approximate surface area is 217 Å². The van der Waals surface area contributed by atoms with Crippen LogP contribution in [0.2, 0.25) is 5.02 Å². The molecule has 0 aromatic heterocycles. The van der Waals surface area contributed by atoms with E-state index in [1.165, 1.54) is 13.2 Å². The van der Waals surface area contributed by atoms with Crippen molar-refractivity contribution in [3.63, 3.8) is 0 Å². The lowest BCUT2D eigenvalue weighted by atomic mass is 10.1. The first-order chi connectivity index (χ1) is 17.4. The topological polar surface area (TPSA) is 82.1 Å². The lowest BCUT2D eigenvalue weighted by Crippen LogP contribution is -2.32. The molecule has 4 rings (SSSR count). The number of halogens is 1. The molecule has 1 fully saturated rings. The predicted molar refractivity (Wildman–Crippen MR) is 139 cm³/mol. The minimum absolute atomic E-state index is 0.104. The molecular formula is C27H22ClNO6S. The van der Waals surface area contributed by atoms with Crippen molar-refractivity contribution < 1.29 is 28.6 Å². The van der Waals surface area contributed by atoms with E-state index < -0.39 is 17.1 Å². The van der Waals surface area contributed by atoms with Crippen LogP contribution >= 0.6 is 23.4 Å². The van der Waals surface area contributed by atoms with Crippen LogP contribution in [0.4, 0.5) is 4.79 Å². The summed E-state index contributed by atoms with van der Waals surface area (Å²) in [5, 5.41) is 0.0891. The van der Waals surface area contributed by atoms with E-state index in [1.54, 1.807) is 42.5 Å². The van der Waals surface area contributed by atoms with Gasteiger partial charge in [0.15, 0.2) is 11.5 Å². The number of hydrogen-bond acceptors (Lipinski definition) is 7. The van der Waals surface area contributed by atoms with Gasteiger partial charge in [-0.2, -0.15) is 0 Å². The molecule has 0 radical (unpaired) electrons. The van der Waals surface area contributed by atoms with E-state index in [1.807, 2.05) is 31.2 Å². The van der Waals surface area contributed by atoms with Crippen LogP contribution in [0.15, 0.2) is 71.6 Å². The summed E-state index contributed by atoms with van der Waals surface area (Å²) in [5.74, 6) is 0.0373. The maximum Gasteiger partial charge on any atom is 0.343 e. The summed E-state index contributed by atoms with van der Waals surface area (Å²) < 4.78 is 16.7. The molecule has 2 amide bonds. The van der Waals surface area contributed by atoms with Crippen LogP contribution in [-0.4, -0.2) is 42.3 Å². The summed E-state index contributed by atoms with van der Waals surface area (Å²) in [6.45, 7) is 2.22. The molecule has 1 aliphatic rings. The van der Waals surface area contributed by atoms with Crippen molar-refractivity contribution in [3.8, 4) is 17.2 Å². The third kappa shape index (κ3) is 5.90. The van der Waals surface area contributed by atoms with Gasteiger partial charge >= 0.3 is 5.97 Å². The summed E-state index contributed by atoms with van der Waals surface area (Å²) in [6, 6.07) is 18.8. The number of aryl methyl sites for hydroxylation is 1. The van der Waals surface area contributed by atoms with Crippen LogP contribution in [0.1, 0.15) is 21.5 Å². The number of hydrogen-bond donors (Lipinski definition) is 0. The highest BCUT2D eigenvalue weighted by atomic mass is 35.5. The van der Waals surface area contributed by atoms with Crippen LogP contribution in [-0.2, 0) is 4.79 Å². The van der Waals surface area contributed by atoms with Gasteiger partial charge in [0.05, 0.1) is 24.1 Å². The Bertz CT molecular complexity index is 1340. The van der Waals surface area contributed by atoms with E-state index in [9.17, 15) is 14.4 Å². The van der Waals surface area contributed by atoms with Crippen molar-refractivity contribution in [2.75, 3.05) is 20.3 Å². The van der Waals surface area contributed by atoms with Gasteiger partial charge in [0, 0.05) is 10.6 Å². The average molecular weight is 524 g/mol. The molecule has 184 valence electrons. The second kappa shape index (κ2) is 11.3. The van der Waals surface area contributed by atoms with Crippen molar-refractivity contribution in [2.45, 2.75) is 6.92 Å². The molecule has 0 saturated carbocycles. The highest BCUT2D eigenvalue weighted by Gasteiger charge is 2.35. The van der Waals surface area contributed by atoms with E-state index in [4.69, 9.17) is 25.8 Å². The highest BCUT2D eigenvalue weighted by molar-refractivity contribution is 8.18. The minimum Gasteiger partial charge on any atom is -0.493 e. The number of esters is 1. The Balaban J connectivity index is 1.51. The van der Waals surface area contributed by atoms with Gasteiger partial charge in [0.2, 0.25) is 0 Å². The average Bonchev–Trinajstić information content (AvgIpc) is 3.12. The first-order valence-electron chi connectivity index (χ1n) is 11.0. The fourth-order valence-corrected chi connectivity index (χ4v) is 4.43. The number of benzene rings is 3. The zero-order chi connectivity index (χ0) is 25.7. The van der Waals surface area contributed by atoms with Gasteiger partial charge in [-0.3, -0.25) is 14.5 Å². The van der Waals surface area contributed by atoms with Gasteiger partial charge in [0.25, 0.3) is 11.1 Å². The molecule has 1 heterocycles. The number of para-hydroxylation sites is 1. The molecule has 0 atom stereocenters. The van der Waals surface area contributed by atoms with Crippen LogP contribution < -0.4 is 14.2 Å². The molecule has 1 saturated heterocycles. The second-order valence-corrected chi connectivity index (χ2v) is 9.20. The Morgan fingerprint density at radius 1 is 1.06 bits per heavy atom. The normalized spacial score (nSPS) is 14.3. The lowest BCUT2D eigenvalue weighted by Gasteiger charge is -2.14. The Morgan fingerprint density at radius 3 is 2.53 bits per heavy atom. The molecular weight excluding hydrogens is 502 g/mol. The van der Waals surface area contributed by atoms with Crippen LogP contribution in [0.25, 0.3) is 6.08 Å². The van der Waals surface area contributed by atoms with Crippen molar-refractivity contribution >= 4 is 46.6 Å². The van der Waals surface area contributed by atoms with E-state index in [0.717, 1.165) is 22.2 Å². The maximum absolute atomic E-state index is 13.0. The zero-order valence-corrected chi connectivity index (χ0v) is 21.1. The van der Waals surface area contributed by atoms with Gasteiger partial charge < -0.3 is 14.2 Å². The number of imide groups is 1. The fourth-order valence-electron chi connectivity index (χ4n) is 3.45. The third-order valence-electron chi connectivity index (χ3n) is 5.24. The number of carbonyl (C=O) groups excluding carboxylic acids is 3. The Hall–Kier alpha value is -3.75. The van der Waals surface area contributed by atoms with E-state index in [2.05, 4.69) is 0 Å². The molecule has 1 aliphatic heterocycles. The van der Waals surface area contributed by atoms with Crippen LogP contribution in [0.5, 0.6) is 17.2 Å². The van der Waals surface area contributed by atoms with Crippen molar-refractivity contribution in [3.05, 3.63) is 93.3 Å². The third-order valence-corrected chi connectivity index (χ3v) is 6.40. The SMILES string of the molecule is COc1cccc(/C=C2\SC(=O)N(CCOc3cccc(C)c3)C2=O)c1OC(=O)c1ccc(Cl)cc1. The summed E-state index contributed by atoms with van der Waals surface area (Å²) >= 11 is 6.71. The van der Waals surface area contributed by atoms with Gasteiger partial charge in [-0.15, -0.1) is 0 Å². The summed E-state index contributed by atoms with van der Waals surface area (Å²) in [5.41, 5.74) is 1.76. The Morgan fingerprint density at radius 2 is 1.81 bits per heavy atom. The molecule has 0 aliphatic carbocycles. The number of methoxy groups -OCH3 is 1. The monoisotopic (exact) mass is 523 g/mol. The quantitative estimate of drug-likeness (QED) is 0.204. The van der Waals surface area contributed by atoms with Crippen LogP contribution in [0, 0.1) is 6.92 Å². The zero-order valence-electron chi connectivity index (χ0n) is 19.5. The summed E-state index contributed by atoms with van der Waals surface area (Å²) in [7, 11) is 1.45. The fraction of sp³-hybridized carbons (Fsp3) is 0.148. The summed E-state index contributed by atoms with van der Waals surface area (Å²) in [6.07, 6.45) is 1.51. The Kier molecular flexibility index (Phi) is 7.97. The number of ether oxygens (including phenoxy) is 3. The lowest BCUT2D eigenvalue weighted by molar-refractivity contribution is -0.123. The molecule has 3 aromatic carbocycles. The number of rotatable bonds is 8. The van der Waals surface area contributed by atoms with E-state index >= 15 is 0 Å². The van der Waals surface area contributed by atoms with E-state index in [0.29, 0.717) is 27.6 Å². The van der Waals surface area contributed by atoms with Gasteiger partial charge in [-0.1, -0.05) is 35.9 Å². The molecule has 3 aromatic rings. The molecule has 9 heteroatoms. The van der Waals surface area contributed by atoms with Gasteiger partial charge in [-0.05, 0) is 72.8 Å². The largest absolute Gasteiger partial charge is 0.493 e. The number of carbonyl (C=O) groups is 3. The second-order valence-electron chi connectivity index (χ2n) is 7.77. The number of amides is 2. The van der Waals surface area contributed by atoms with Crippen molar-refractivity contribution in [1.82, 2.24) is 4.90 Å². The smallest absolute Gasteiger partial charge is 0.343 e. The molecule has 0 spiro atoms. The van der Waals surface area contributed by atoms with Gasteiger partial charge in [0.1, 0.15) is 12.4 Å². The predicted octanol–water partition coefficient (Wildman–Crippen LogP) is 5.99. The first kappa shape index (κ1) is 25.3. The molecule has 7 nitrogen and oxygen atoms in total. The molecule has 0 unspecified atom stereocenters. The number of nitrogens with zero attached hydrogens (tertiary/aromatic N) is 1. The van der Waals surface area contributed by atoms with Crippen molar-refractivity contribution in [1.29, 1.82) is 0 Å². The van der Waals surface area contributed by atoms with Crippen molar-refractivity contribution in [2.24, 2.45) is 0 Å². The van der Waals surface area contributed by atoms with E-state index in [-0.39, 0.29) is 23.8 Å². The first-order valence-corrected chi connectivity index (χ1v) is 12.1. The highest BCUT2D eigenvalue weighted by Crippen LogP contribution is 2.37. The summed E-state index contributed by atoms with van der Waals surface area (Å²) in [4.78, 5) is 39.5. The number of thioether (sulfide) groups is 1.